The number of pyridine rings is 2. The molecule has 2 N–H and O–H groups in total. The first-order valence-electron chi connectivity index (χ1n) is 9.68. The number of carbonyl (C=O) groups is 1. The molecule has 0 aromatic carbocycles. The lowest BCUT2D eigenvalue weighted by Crippen LogP contribution is -2.23. The Bertz CT molecular complexity index is 997. The zero-order chi connectivity index (χ0) is 21.5. The van der Waals surface area contributed by atoms with Gasteiger partial charge >= 0.3 is 5.97 Å². The molecule has 2 aromatic rings. The van der Waals surface area contributed by atoms with Gasteiger partial charge in [-0.2, -0.15) is 0 Å². The van der Waals surface area contributed by atoms with Gasteiger partial charge in [0.1, 0.15) is 11.5 Å². The number of hydrogen-bond acceptors (Lipinski definition) is 6. The van der Waals surface area contributed by atoms with Gasteiger partial charge in [-0.3, -0.25) is 4.98 Å². The van der Waals surface area contributed by atoms with E-state index in [1.807, 2.05) is 32.1 Å². The summed E-state index contributed by atoms with van der Waals surface area (Å²) in [6.45, 7) is 8.77. The molecule has 156 valence electrons. The fourth-order valence-corrected chi connectivity index (χ4v) is 3.26. The molecule has 1 unspecified atom stereocenters. The summed E-state index contributed by atoms with van der Waals surface area (Å²) in [6.07, 6.45) is 7.38. The highest BCUT2D eigenvalue weighted by atomic mass is 16.5. The van der Waals surface area contributed by atoms with E-state index >= 15 is 0 Å². The third-order valence-electron chi connectivity index (χ3n) is 4.72. The monoisotopic (exact) mass is 407 g/mol. The number of nitrogens with one attached hydrogen (secondary N) is 1. The van der Waals surface area contributed by atoms with Crippen LogP contribution >= 0.6 is 0 Å². The molecule has 3 rings (SSSR count). The second kappa shape index (κ2) is 9.73. The van der Waals surface area contributed by atoms with E-state index in [2.05, 4.69) is 21.9 Å². The zero-order valence-electron chi connectivity index (χ0n) is 17.1. The van der Waals surface area contributed by atoms with Crippen LogP contribution in [0.1, 0.15) is 29.4 Å². The quantitative estimate of drug-likeness (QED) is 0.628. The Morgan fingerprint density at radius 1 is 1.43 bits per heavy atom. The molecule has 30 heavy (non-hydrogen) atoms. The summed E-state index contributed by atoms with van der Waals surface area (Å²) in [5.74, 6) is 0.979. The molecule has 1 aliphatic rings. The number of aromatic carboxylic acids is 1. The van der Waals surface area contributed by atoms with Crippen LogP contribution in [0.2, 0.25) is 0 Å². The van der Waals surface area contributed by atoms with Crippen molar-refractivity contribution in [1.82, 2.24) is 9.97 Å². The molecule has 0 saturated carbocycles. The number of rotatable bonds is 8. The van der Waals surface area contributed by atoms with E-state index in [4.69, 9.17) is 9.47 Å². The van der Waals surface area contributed by atoms with Crippen LogP contribution < -0.4 is 10.1 Å². The Hall–Kier alpha value is -3.61. The van der Waals surface area contributed by atoms with Crippen molar-refractivity contribution in [2.24, 2.45) is 5.92 Å². The lowest BCUT2D eigenvalue weighted by Gasteiger charge is -2.27. The summed E-state index contributed by atoms with van der Waals surface area (Å²) in [5.41, 5.74) is 2.50. The fourth-order valence-electron chi connectivity index (χ4n) is 3.26. The van der Waals surface area contributed by atoms with Gasteiger partial charge in [-0.15, -0.1) is 0 Å². The molecule has 7 heteroatoms. The minimum atomic E-state index is -0.993. The van der Waals surface area contributed by atoms with Crippen molar-refractivity contribution in [1.29, 1.82) is 0 Å². The Labute approximate surface area is 175 Å². The first kappa shape index (κ1) is 21.1. The maximum Gasteiger partial charge on any atom is 0.337 e. The lowest BCUT2D eigenvalue weighted by atomic mass is 9.92. The normalized spacial score (nSPS) is 16.6. The molecule has 1 atom stereocenters. The van der Waals surface area contributed by atoms with E-state index in [1.165, 1.54) is 18.5 Å². The SMILES string of the molecule is C=CC1=C(/C=C(\C)Oc2cccc(C)n2)OCCC1CNc1cnccc1C(=O)O. The van der Waals surface area contributed by atoms with E-state index in [1.54, 1.807) is 12.1 Å². The Morgan fingerprint density at radius 3 is 3.00 bits per heavy atom. The lowest BCUT2D eigenvalue weighted by molar-refractivity contribution is 0.0697. The topological polar surface area (TPSA) is 93.6 Å². The first-order chi connectivity index (χ1) is 14.5. The molecule has 2 aromatic heterocycles. The second-order valence-corrected chi connectivity index (χ2v) is 6.94. The van der Waals surface area contributed by atoms with Crippen molar-refractivity contribution in [3.8, 4) is 5.88 Å². The van der Waals surface area contributed by atoms with Crippen LogP contribution in [0.25, 0.3) is 0 Å². The van der Waals surface area contributed by atoms with Gasteiger partial charge in [-0.25, -0.2) is 9.78 Å². The van der Waals surface area contributed by atoms with Gasteiger partial charge in [0.05, 0.1) is 24.1 Å². The van der Waals surface area contributed by atoms with Crippen LogP contribution in [0.3, 0.4) is 0 Å². The number of anilines is 1. The molecule has 7 nitrogen and oxygen atoms in total. The zero-order valence-corrected chi connectivity index (χ0v) is 17.1. The van der Waals surface area contributed by atoms with Gasteiger partial charge in [0.2, 0.25) is 5.88 Å². The van der Waals surface area contributed by atoms with Crippen molar-refractivity contribution in [2.75, 3.05) is 18.5 Å². The Morgan fingerprint density at radius 2 is 2.27 bits per heavy atom. The highest BCUT2D eigenvalue weighted by molar-refractivity contribution is 5.93. The number of carboxylic acids is 1. The van der Waals surface area contributed by atoms with Crippen LogP contribution in [0.5, 0.6) is 5.88 Å². The van der Waals surface area contributed by atoms with Crippen LogP contribution in [0, 0.1) is 12.8 Å². The molecular weight excluding hydrogens is 382 g/mol. The summed E-state index contributed by atoms with van der Waals surface area (Å²) >= 11 is 0. The van der Waals surface area contributed by atoms with Crippen molar-refractivity contribution in [3.63, 3.8) is 0 Å². The molecule has 3 heterocycles. The Balaban J connectivity index is 1.76. The predicted octanol–water partition coefficient (Wildman–Crippen LogP) is 4.35. The van der Waals surface area contributed by atoms with E-state index in [9.17, 15) is 9.90 Å². The van der Waals surface area contributed by atoms with E-state index in [0.717, 1.165) is 17.7 Å². The molecule has 0 bridgehead atoms. The molecule has 0 spiro atoms. The fraction of sp³-hybridized carbons (Fsp3) is 0.261. The van der Waals surface area contributed by atoms with Gasteiger partial charge in [0.15, 0.2) is 0 Å². The standard InChI is InChI=1S/C23H25N3O4/c1-4-18-17(13-25-20-14-24-10-8-19(20)23(27)28)9-11-29-21(18)12-16(3)30-22-7-5-6-15(2)26-22/h4-8,10,12,14,17,25H,1,9,11,13H2,2-3H3,(H,27,28)/b16-12+. The molecule has 0 fully saturated rings. The van der Waals surface area contributed by atoms with E-state index < -0.39 is 5.97 Å². The van der Waals surface area contributed by atoms with Crippen molar-refractivity contribution in [3.05, 3.63) is 83.7 Å². The van der Waals surface area contributed by atoms with Crippen molar-refractivity contribution >= 4 is 11.7 Å². The van der Waals surface area contributed by atoms with Gasteiger partial charge in [0, 0.05) is 36.5 Å². The van der Waals surface area contributed by atoms with E-state index in [0.29, 0.717) is 36.2 Å². The summed E-state index contributed by atoms with van der Waals surface area (Å²) in [6, 6.07) is 7.08. The van der Waals surface area contributed by atoms with Crippen LogP contribution in [0.4, 0.5) is 5.69 Å². The maximum atomic E-state index is 11.4. The third-order valence-corrected chi connectivity index (χ3v) is 4.72. The second-order valence-electron chi connectivity index (χ2n) is 6.94. The number of hydrogen-bond donors (Lipinski definition) is 2. The van der Waals surface area contributed by atoms with Gasteiger partial charge in [-0.05, 0) is 38.0 Å². The molecule has 0 saturated heterocycles. The summed E-state index contributed by atoms with van der Waals surface area (Å²) < 4.78 is 11.7. The van der Waals surface area contributed by atoms with Gasteiger partial charge < -0.3 is 19.9 Å². The van der Waals surface area contributed by atoms with Gasteiger partial charge in [0.25, 0.3) is 0 Å². The van der Waals surface area contributed by atoms with Crippen LogP contribution in [0.15, 0.2) is 72.5 Å². The smallest absolute Gasteiger partial charge is 0.337 e. The largest absolute Gasteiger partial charge is 0.493 e. The van der Waals surface area contributed by atoms with Crippen molar-refractivity contribution < 1.29 is 19.4 Å². The first-order valence-corrected chi connectivity index (χ1v) is 9.68. The third kappa shape index (κ3) is 5.26. The Kier molecular flexibility index (Phi) is 6.85. The van der Waals surface area contributed by atoms with Gasteiger partial charge in [-0.1, -0.05) is 18.7 Å². The summed E-state index contributed by atoms with van der Waals surface area (Å²) in [5, 5.41) is 12.5. The number of nitrogens with zero attached hydrogens (tertiary/aromatic N) is 2. The summed E-state index contributed by atoms with van der Waals surface area (Å²) in [7, 11) is 0. The average molecular weight is 407 g/mol. The number of allylic oxidation sites excluding steroid dienone is 3. The number of aromatic nitrogens is 2. The number of aryl methyl sites for hydroxylation is 1. The summed E-state index contributed by atoms with van der Waals surface area (Å²) in [4.78, 5) is 19.8. The van der Waals surface area contributed by atoms with Crippen LogP contribution in [-0.4, -0.2) is 34.2 Å². The average Bonchev–Trinajstić information content (AvgIpc) is 2.72. The number of carboxylic acid groups (broad SMARTS) is 1. The minimum absolute atomic E-state index is 0.106. The highest BCUT2D eigenvalue weighted by Gasteiger charge is 2.22. The van der Waals surface area contributed by atoms with E-state index in [-0.39, 0.29) is 11.5 Å². The molecular formula is C23H25N3O4. The predicted molar refractivity (Wildman–Crippen MR) is 114 cm³/mol. The number of ether oxygens (including phenoxy) is 2. The molecule has 0 amide bonds. The minimum Gasteiger partial charge on any atom is -0.493 e. The molecule has 0 radical (unpaired) electrons. The highest BCUT2D eigenvalue weighted by Crippen LogP contribution is 2.29. The van der Waals surface area contributed by atoms with Crippen LogP contribution in [-0.2, 0) is 4.74 Å². The maximum absolute atomic E-state index is 11.4. The molecule has 1 aliphatic heterocycles. The molecule has 0 aliphatic carbocycles. The van der Waals surface area contributed by atoms with Crippen molar-refractivity contribution in [2.45, 2.75) is 20.3 Å².